The molecule has 0 radical (unpaired) electrons. The summed E-state index contributed by atoms with van der Waals surface area (Å²) in [7, 11) is 0. The fourth-order valence-corrected chi connectivity index (χ4v) is 4.94. The molecule has 0 atom stereocenters. The molecule has 25 heavy (non-hydrogen) atoms. The number of aromatic nitrogens is 1. The van der Waals surface area contributed by atoms with E-state index in [1.54, 1.807) is 12.1 Å². The first-order valence-electron chi connectivity index (χ1n) is 9.08. The number of hydrogen-bond donors (Lipinski definition) is 0. The van der Waals surface area contributed by atoms with Gasteiger partial charge in [-0.2, -0.15) is 11.8 Å². The maximum atomic E-state index is 13.3. The van der Waals surface area contributed by atoms with Gasteiger partial charge in [-0.15, -0.1) is 12.4 Å². The van der Waals surface area contributed by atoms with E-state index >= 15 is 0 Å². The smallest absolute Gasteiger partial charge is 0.123 e. The molecule has 4 rings (SSSR count). The van der Waals surface area contributed by atoms with Crippen molar-refractivity contribution in [2.24, 2.45) is 0 Å². The summed E-state index contributed by atoms with van der Waals surface area (Å²) in [5, 5.41) is 0. The van der Waals surface area contributed by atoms with Gasteiger partial charge >= 0.3 is 0 Å². The molecule has 0 amide bonds. The minimum Gasteiger partial charge on any atom is -0.344 e. The van der Waals surface area contributed by atoms with Crippen LogP contribution in [0.15, 0.2) is 30.3 Å². The van der Waals surface area contributed by atoms with Crippen LogP contribution in [0.4, 0.5) is 4.39 Å². The van der Waals surface area contributed by atoms with E-state index < -0.39 is 0 Å². The van der Waals surface area contributed by atoms with E-state index in [-0.39, 0.29) is 18.2 Å². The third-order valence-electron chi connectivity index (χ3n) is 5.23. The average molecular weight is 381 g/mol. The second-order valence-corrected chi connectivity index (χ2v) is 7.97. The number of halogens is 2. The molecule has 2 aliphatic heterocycles. The molecule has 0 N–H and O–H groups in total. The van der Waals surface area contributed by atoms with Crippen LogP contribution in [0.1, 0.15) is 30.5 Å². The Kier molecular flexibility index (Phi) is 6.48. The highest BCUT2D eigenvalue weighted by Crippen LogP contribution is 2.33. The van der Waals surface area contributed by atoms with Crippen molar-refractivity contribution in [1.29, 1.82) is 0 Å². The first-order valence-corrected chi connectivity index (χ1v) is 10.2. The molecule has 0 unspecified atom stereocenters. The molecule has 2 aromatic rings. The molecule has 0 bridgehead atoms. The van der Waals surface area contributed by atoms with Gasteiger partial charge in [0.1, 0.15) is 5.82 Å². The van der Waals surface area contributed by atoms with Crippen LogP contribution in [0.3, 0.4) is 0 Å². The van der Waals surface area contributed by atoms with Crippen molar-refractivity contribution in [3.8, 4) is 11.3 Å². The lowest BCUT2D eigenvalue weighted by Gasteiger charge is -2.19. The lowest BCUT2D eigenvalue weighted by Crippen LogP contribution is -2.22. The van der Waals surface area contributed by atoms with Gasteiger partial charge in [0, 0.05) is 23.7 Å². The van der Waals surface area contributed by atoms with Gasteiger partial charge in [0.25, 0.3) is 0 Å². The Morgan fingerprint density at radius 2 is 1.80 bits per heavy atom. The quantitative estimate of drug-likeness (QED) is 0.721. The number of benzene rings is 1. The molecule has 0 spiro atoms. The van der Waals surface area contributed by atoms with Crippen LogP contribution in [0, 0.1) is 5.82 Å². The van der Waals surface area contributed by atoms with Crippen LogP contribution < -0.4 is 0 Å². The second kappa shape index (κ2) is 8.61. The Labute approximate surface area is 160 Å². The van der Waals surface area contributed by atoms with Gasteiger partial charge in [-0.1, -0.05) is 0 Å². The number of hydrogen-bond acceptors (Lipinski definition) is 2. The highest BCUT2D eigenvalue weighted by atomic mass is 35.5. The van der Waals surface area contributed by atoms with Gasteiger partial charge in [-0.25, -0.2) is 4.39 Å². The molecule has 136 valence electrons. The van der Waals surface area contributed by atoms with Gasteiger partial charge < -0.3 is 9.47 Å². The minimum absolute atomic E-state index is 0. The molecular formula is C20H26ClFN2S. The van der Waals surface area contributed by atoms with E-state index in [9.17, 15) is 4.39 Å². The van der Waals surface area contributed by atoms with E-state index in [0.29, 0.717) is 0 Å². The zero-order valence-electron chi connectivity index (χ0n) is 14.5. The first kappa shape index (κ1) is 18.8. The predicted molar refractivity (Wildman–Crippen MR) is 107 cm³/mol. The Morgan fingerprint density at radius 3 is 2.56 bits per heavy atom. The van der Waals surface area contributed by atoms with Crippen molar-refractivity contribution in [3.63, 3.8) is 0 Å². The van der Waals surface area contributed by atoms with Gasteiger partial charge in [-0.05, 0) is 92.5 Å². The summed E-state index contributed by atoms with van der Waals surface area (Å²) in [6.07, 6.45) is 5.07. The summed E-state index contributed by atoms with van der Waals surface area (Å²) < 4.78 is 15.8. The monoisotopic (exact) mass is 380 g/mol. The minimum atomic E-state index is -0.161. The summed E-state index contributed by atoms with van der Waals surface area (Å²) in [5.41, 5.74) is 5.39. The summed E-state index contributed by atoms with van der Waals surface area (Å²) in [6.45, 7) is 4.81. The number of nitrogens with zero attached hydrogens (tertiary/aromatic N) is 2. The number of thioether (sulfide) groups is 1. The molecule has 1 aromatic heterocycles. The summed E-state index contributed by atoms with van der Waals surface area (Å²) in [4.78, 5) is 2.59. The van der Waals surface area contributed by atoms with E-state index in [0.717, 1.165) is 24.3 Å². The van der Waals surface area contributed by atoms with Gasteiger partial charge in [0.2, 0.25) is 0 Å². The summed E-state index contributed by atoms with van der Waals surface area (Å²) in [5.74, 6) is 2.17. The van der Waals surface area contributed by atoms with Crippen LogP contribution in [-0.2, 0) is 18.7 Å². The Hall–Kier alpha value is -0.970. The summed E-state index contributed by atoms with van der Waals surface area (Å²) in [6, 6.07) is 9.32. The highest BCUT2D eigenvalue weighted by molar-refractivity contribution is 7.98. The fraction of sp³-hybridized carbons (Fsp3) is 0.500. The van der Waals surface area contributed by atoms with E-state index in [4.69, 9.17) is 0 Å². The van der Waals surface area contributed by atoms with E-state index in [2.05, 4.69) is 15.5 Å². The lowest BCUT2D eigenvalue weighted by molar-refractivity contribution is 0.325. The standard InChI is InChI=1S/C20H25FN2S.ClH/c21-18-6-4-16(5-7-18)20-14-17-15-24-13-8-19(17)23(20)12-3-11-22-9-1-2-10-22;/h4-7,14H,1-3,8-13,15H2;1H. The Bertz CT molecular complexity index is 692. The van der Waals surface area contributed by atoms with Crippen LogP contribution in [0.25, 0.3) is 11.3 Å². The number of likely N-dealkylation sites (tertiary alicyclic amines) is 1. The maximum Gasteiger partial charge on any atom is 0.123 e. The Balaban J connectivity index is 0.00000182. The molecule has 1 fully saturated rings. The van der Waals surface area contributed by atoms with Crippen LogP contribution in [0.2, 0.25) is 0 Å². The van der Waals surface area contributed by atoms with E-state index in [1.807, 2.05) is 23.9 Å². The lowest BCUT2D eigenvalue weighted by atomic mass is 10.1. The van der Waals surface area contributed by atoms with Gasteiger partial charge in [-0.3, -0.25) is 0 Å². The largest absolute Gasteiger partial charge is 0.344 e. The highest BCUT2D eigenvalue weighted by Gasteiger charge is 2.19. The third kappa shape index (κ3) is 4.24. The molecule has 0 saturated carbocycles. The molecule has 2 aliphatic rings. The first-order chi connectivity index (χ1) is 11.8. The van der Waals surface area contributed by atoms with Gasteiger partial charge in [0.05, 0.1) is 0 Å². The Morgan fingerprint density at radius 1 is 1.04 bits per heavy atom. The fourth-order valence-electron chi connectivity index (χ4n) is 3.99. The number of rotatable bonds is 5. The molecule has 1 saturated heterocycles. The molecule has 5 heteroatoms. The zero-order valence-corrected chi connectivity index (χ0v) is 16.2. The van der Waals surface area contributed by atoms with Crippen molar-refractivity contribution < 1.29 is 4.39 Å². The summed E-state index contributed by atoms with van der Waals surface area (Å²) >= 11 is 2.02. The molecular weight excluding hydrogens is 355 g/mol. The maximum absolute atomic E-state index is 13.3. The van der Waals surface area contributed by atoms with Crippen molar-refractivity contribution in [3.05, 3.63) is 47.4 Å². The van der Waals surface area contributed by atoms with Crippen LogP contribution in [0.5, 0.6) is 0 Å². The second-order valence-electron chi connectivity index (χ2n) is 6.86. The van der Waals surface area contributed by atoms with E-state index in [1.165, 1.54) is 61.6 Å². The normalized spacial score (nSPS) is 17.3. The van der Waals surface area contributed by atoms with Crippen LogP contribution in [-0.4, -0.2) is 34.9 Å². The molecule has 2 nitrogen and oxygen atoms in total. The van der Waals surface area contributed by atoms with Crippen molar-refractivity contribution >= 4 is 24.2 Å². The van der Waals surface area contributed by atoms with Gasteiger partial charge in [0.15, 0.2) is 0 Å². The predicted octanol–water partition coefficient (Wildman–Crippen LogP) is 4.99. The SMILES string of the molecule is Cl.Fc1ccc(-c2cc3c(n2CCCN2CCCC2)CCSC3)cc1. The topological polar surface area (TPSA) is 8.17 Å². The molecule has 1 aromatic carbocycles. The average Bonchev–Trinajstić information content (AvgIpc) is 3.24. The van der Waals surface area contributed by atoms with Crippen molar-refractivity contribution in [2.45, 2.75) is 38.0 Å². The molecule has 3 heterocycles. The van der Waals surface area contributed by atoms with Crippen molar-refractivity contribution in [1.82, 2.24) is 9.47 Å². The zero-order chi connectivity index (χ0) is 16.4. The van der Waals surface area contributed by atoms with Crippen molar-refractivity contribution in [2.75, 3.05) is 25.4 Å². The third-order valence-corrected chi connectivity index (χ3v) is 6.24. The number of fused-ring (bicyclic) bond motifs is 1. The van der Waals surface area contributed by atoms with Crippen LogP contribution >= 0.6 is 24.2 Å². The molecule has 0 aliphatic carbocycles.